The van der Waals surface area contributed by atoms with E-state index in [4.69, 9.17) is 5.11 Å². The number of aliphatic hydroxyl groups excluding tert-OH is 1. The monoisotopic (exact) mass is 264 g/mol. The summed E-state index contributed by atoms with van der Waals surface area (Å²) in [6.45, 7) is 3.26. The SMILES string of the molecule is CCN(CCO)CC(=O)NCC(=O)c1ccccc1. The highest BCUT2D eigenvalue weighted by molar-refractivity contribution is 5.99. The average molecular weight is 264 g/mol. The molecule has 0 bridgehead atoms. The van der Waals surface area contributed by atoms with Crippen LogP contribution in [0.15, 0.2) is 30.3 Å². The topological polar surface area (TPSA) is 69.6 Å². The number of benzene rings is 1. The summed E-state index contributed by atoms with van der Waals surface area (Å²) in [6, 6.07) is 8.85. The lowest BCUT2D eigenvalue weighted by atomic mass is 10.1. The second-order valence-corrected chi connectivity index (χ2v) is 4.16. The quantitative estimate of drug-likeness (QED) is 0.663. The molecule has 1 aromatic rings. The van der Waals surface area contributed by atoms with Crippen molar-refractivity contribution in [3.8, 4) is 0 Å². The van der Waals surface area contributed by atoms with E-state index < -0.39 is 0 Å². The van der Waals surface area contributed by atoms with Crippen LogP contribution in [-0.4, -0.2) is 54.5 Å². The van der Waals surface area contributed by atoms with Crippen LogP contribution in [0.3, 0.4) is 0 Å². The Morgan fingerprint density at radius 2 is 1.95 bits per heavy atom. The van der Waals surface area contributed by atoms with Crippen molar-refractivity contribution < 1.29 is 14.7 Å². The van der Waals surface area contributed by atoms with Crippen LogP contribution in [0.25, 0.3) is 0 Å². The maximum Gasteiger partial charge on any atom is 0.234 e. The van der Waals surface area contributed by atoms with Gasteiger partial charge in [-0.25, -0.2) is 0 Å². The van der Waals surface area contributed by atoms with Gasteiger partial charge in [-0.15, -0.1) is 0 Å². The van der Waals surface area contributed by atoms with Gasteiger partial charge < -0.3 is 10.4 Å². The van der Waals surface area contributed by atoms with Gasteiger partial charge in [0.15, 0.2) is 5.78 Å². The lowest BCUT2D eigenvalue weighted by Gasteiger charge is -2.18. The van der Waals surface area contributed by atoms with E-state index in [1.54, 1.807) is 24.3 Å². The number of aliphatic hydroxyl groups is 1. The molecule has 5 heteroatoms. The minimum atomic E-state index is -0.209. The van der Waals surface area contributed by atoms with E-state index in [1.165, 1.54) is 0 Å². The third-order valence-electron chi connectivity index (χ3n) is 2.77. The molecule has 0 aliphatic carbocycles. The van der Waals surface area contributed by atoms with Gasteiger partial charge in [0.05, 0.1) is 19.7 Å². The highest BCUT2D eigenvalue weighted by atomic mass is 16.3. The Bertz CT molecular complexity index is 406. The van der Waals surface area contributed by atoms with Crippen molar-refractivity contribution in [1.29, 1.82) is 0 Å². The molecule has 5 nitrogen and oxygen atoms in total. The van der Waals surface area contributed by atoms with Crippen LogP contribution in [0.4, 0.5) is 0 Å². The summed E-state index contributed by atoms with van der Waals surface area (Å²) in [5.41, 5.74) is 0.588. The molecule has 0 aliphatic rings. The van der Waals surface area contributed by atoms with E-state index in [1.807, 2.05) is 17.9 Å². The first kappa shape index (κ1) is 15.3. The van der Waals surface area contributed by atoms with E-state index in [9.17, 15) is 9.59 Å². The van der Waals surface area contributed by atoms with Crippen LogP contribution in [0.1, 0.15) is 17.3 Å². The first-order valence-corrected chi connectivity index (χ1v) is 6.35. The minimum absolute atomic E-state index is 0.000470. The van der Waals surface area contributed by atoms with Crippen LogP contribution in [0, 0.1) is 0 Å². The molecule has 1 rings (SSSR count). The fourth-order valence-corrected chi connectivity index (χ4v) is 1.65. The number of nitrogens with zero attached hydrogens (tertiary/aromatic N) is 1. The molecule has 0 heterocycles. The predicted molar refractivity (Wildman–Crippen MR) is 73.0 cm³/mol. The molecule has 0 saturated heterocycles. The van der Waals surface area contributed by atoms with E-state index >= 15 is 0 Å². The number of Topliss-reactive ketones (excluding diaryl/α,β-unsaturated/α-hetero) is 1. The number of likely N-dealkylation sites (N-methyl/N-ethyl adjacent to an activating group) is 1. The fraction of sp³-hybridized carbons (Fsp3) is 0.429. The van der Waals surface area contributed by atoms with Crippen LogP contribution < -0.4 is 5.32 Å². The van der Waals surface area contributed by atoms with Crippen molar-refractivity contribution in [1.82, 2.24) is 10.2 Å². The minimum Gasteiger partial charge on any atom is -0.395 e. The summed E-state index contributed by atoms with van der Waals surface area (Å²) in [4.78, 5) is 25.2. The molecule has 0 radical (unpaired) electrons. The van der Waals surface area contributed by atoms with Gasteiger partial charge >= 0.3 is 0 Å². The van der Waals surface area contributed by atoms with Gasteiger partial charge in [-0.1, -0.05) is 37.3 Å². The molecule has 0 aromatic heterocycles. The van der Waals surface area contributed by atoms with E-state index in [-0.39, 0.29) is 31.4 Å². The summed E-state index contributed by atoms with van der Waals surface area (Å²) < 4.78 is 0. The molecule has 1 amide bonds. The third-order valence-corrected chi connectivity index (χ3v) is 2.77. The molecular formula is C14H20N2O3. The van der Waals surface area contributed by atoms with Gasteiger partial charge in [0.25, 0.3) is 0 Å². The van der Waals surface area contributed by atoms with Crippen LogP contribution in [-0.2, 0) is 4.79 Å². The molecule has 0 saturated carbocycles. The number of hydrogen-bond acceptors (Lipinski definition) is 4. The van der Waals surface area contributed by atoms with Crippen molar-refractivity contribution >= 4 is 11.7 Å². The second kappa shape index (κ2) is 8.39. The number of hydrogen-bond donors (Lipinski definition) is 2. The number of ketones is 1. The Morgan fingerprint density at radius 1 is 1.26 bits per heavy atom. The molecule has 19 heavy (non-hydrogen) atoms. The highest BCUT2D eigenvalue weighted by Gasteiger charge is 2.10. The molecule has 1 aromatic carbocycles. The van der Waals surface area contributed by atoms with Gasteiger partial charge in [-0.05, 0) is 6.54 Å². The Kier molecular flexibility index (Phi) is 6.78. The summed E-state index contributed by atoms with van der Waals surface area (Å²) in [7, 11) is 0. The molecule has 0 aliphatic heterocycles. The molecular weight excluding hydrogens is 244 g/mol. The van der Waals surface area contributed by atoms with Crippen LogP contribution in [0.5, 0.6) is 0 Å². The van der Waals surface area contributed by atoms with Crippen LogP contribution in [0.2, 0.25) is 0 Å². The van der Waals surface area contributed by atoms with E-state index in [0.29, 0.717) is 18.7 Å². The zero-order chi connectivity index (χ0) is 14.1. The summed E-state index contributed by atoms with van der Waals surface area (Å²) in [5.74, 6) is -0.321. The Hall–Kier alpha value is -1.72. The first-order chi connectivity index (χ1) is 9.17. The maximum atomic E-state index is 11.8. The summed E-state index contributed by atoms with van der Waals surface area (Å²) in [5, 5.41) is 11.4. The number of carbonyl (C=O) groups excluding carboxylic acids is 2. The molecule has 104 valence electrons. The first-order valence-electron chi connectivity index (χ1n) is 6.35. The zero-order valence-corrected chi connectivity index (χ0v) is 11.1. The predicted octanol–water partition coefficient (Wildman–Crippen LogP) is 0.300. The standard InChI is InChI=1S/C14H20N2O3/c1-2-16(8-9-17)11-14(19)15-10-13(18)12-6-4-3-5-7-12/h3-7,17H,2,8-11H2,1H3,(H,15,19). The molecule has 0 spiro atoms. The number of nitrogens with one attached hydrogen (secondary N) is 1. The van der Waals surface area contributed by atoms with E-state index in [0.717, 1.165) is 0 Å². The maximum absolute atomic E-state index is 11.8. The molecule has 0 atom stereocenters. The van der Waals surface area contributed by atoms with Gasteiger partial charge in [0, 0.05) is 12.1 Å². The average Bonchev–Trinajstić information content (AvgIpc) is 2.45. The summed E-state index contributed by atoms with van der Waals surface area (Å²) >= 11 is 0. The van der Waals surface area contributed by atoms with Gasteiger partial charge in [-0.3, -0.25) is 14.5 Å². The van der Waals surface area contributed by atoms with Crippen molar-refractivity contribution in [2.24, 2.45) is 0 Å². The lowest BCUT2D eigenvalue weighted by molar-refractivity contribution is -0.122. The van der Waals surface area contributed by atoms with Gasteiger partial charge in [0.2, 0.25) is 5.91 Å². The number of carbonyl (C=O) groups is 2. The number of amides is 1. The zero-order valence-electron chi connectivity index (χ0n) is 11.1. The Balaban J connectivity index is 2.36. The largest absolute Gasteiger partial charge is 0.395 e. The van der Waals surface area contributed by atoms with Gasteiger partial charge in [-0.2, -0.15) is 0 Å². The van der Waals surface area contributed by atoms with E-state index in [2.05, 4.69) is 5.32 Å². The van der Waals surface area contributed by atoms with Crippen molar-refractivity contribution in [2.45, 2.75) is 6.92 Å². The smallest absolute Gasteiger partial charge is 0.234 e. The molecule has 0 unspecified atom stereocenters. The highest BCUT2D eigenvalue weighted by Crippen LogP contribution is 1.98. The third kappa shape index (κ3) is 5.63. The Labute approximate surface area is 113 Å². The fourth-order valence-electron chi connectivity index (χ4n) is 1.65. The number of rotatable bonds is 8. The molecule has 0 fully saturated rings. The second-order valence-electron chi connectivity index (χ2n) is 4.16. The normalized spacial score (nSPS) is 10.5. The van der Waals surface area contributed by atoms with Crippen molar-refractivity contribution in [2.75, 3.05) is 32.8 Å². The molecule has 2 N–H and O–H groups in total. The Morgan fingerprint density at radius 3 is 2.53 bits per heavy atom. The summed E-state index contributed by atoms with van der Waals surface area (Å²) in [6.07, 6.45) is 0. The van der Waals surface area contributed by atoms with Crippen LogP contribution >= 0.6 is 0 Å². The van der Waals surface area contributed by atoms with Crippen molar-refractivity contribution in [3.63, 3.8) is 0 Å². The van der Waals surface area contributed by atoms with Gasteiger partial charge in [0.1, 0.15) is 0 Å². The lowest BCUT2D eigenvalue weighted by Crippen LogP contribution is -2.40. The van der Waals surface area contributed by atoms with Crippen molar-refractivity contribution in [3.05, 3.63) is 35.9 Å².